The summed E-state index contributed by atoms with van der Waals surface area (Å²) in [6.45, 7) is 12.3. The highest BCUT2D eigenvalue weighted by atomic mass is 16.6. The molecule has 6 heteroatoms. The van der Waals surface area contributed by atoms with Gasteiger partial charge in [-0.15, -0.1) is 0 Å². The van der Waals surface area contributed by atoms with Gasteiger partial charge in [-0.25, -0.2) is 9.59 Å². The van der Waals surface area contributed by atoms with Crippen LogP contribution in [-0.4, -0.2) is 61.4 Å². The largest absolute Gasteiger partial charge is 0.450 e. The first-order chi connectivity index (χ1) is 20.6. The van der Waals surface area contributed by atoms with Crippen molar-refractivity contribution in [2.75, 3.05) is 39.4 Å². The highest BCUT2D eigenvalue weighted by Gasteiger charge is 2.15. The van der Waals surface area contributed by atoms with E-state index in [1.165, 1.54) is 116 Å². The molecule has 0 fully saturated rings. The van der Waals surface area contributed by atoms with Gasteiger partial charge in [0.15, 0.2) is 0 Å². The lowest BCUT2D eigenvalue weighted by atomic mass is 10.1. The average molecular weight is 597 g/mol. The molecule has 6 nitrogen and oxygen atoms in total. The molecule has 0 spiro atoms. The lowest BCUT2D eigenvalue weighted by molar-refractivity contribution is 0.103. The van der Waals surface area contributed by atoms with Crippen molar-refractivity contribution in [1.82, 2.24) is 9.80 Å². The van der Waals surface area contributed by atoms with Crippen LogP contribution < -0.4 is 0 Å². The minimum absolute atomic E-state index is 0.168. The number of amides is 2. The van der Waals surface area contributed by atoms with Crippen molar-refractivity contribution in [2.24, 2.45) is 0 Å². The molecule has 0 atom stereocenters. The van der Waals surface area contributed by atoms with Gasteiger partial charge in [0.25, 0.3) is 0 Å². The standard InChI is InChI=1S/C36H72N2O4/c1-5-9-11-13-15-17-19-21-23-27-31-37(35(39)41-7-3)33-29-25-26-30-34-38(36(40)42-8-4)32-28-24-22-20-18-16-14-12-10-6-2/h5-34H2,1-4H3. The van der Waals surface area contributed by atoms with Crippen LogP contribution in [0.25, 0.3) is 0 Å². The molecule has 0 bridgehead atoms. The van der Waals surface area contributed by atoms with Crippen LogP contribution in [0.5, 0.6) is 0 Å². The van der Waals surface area contributed by atoms with E-state index >= 15 is 0 Å². The van der Waals surface area contributed by atoms with E-state index in [4.69, 9.17) is 9.47 Å². The van der Waals surface area contributed by atoms with Crippen LogP contribution >= 0.6 is 0 Å². The zero-order valence-electron chi connectivity index (χ0n) is 28.7. The fourth-order valence-corrected chi connectivity index (χ4v) is 5.56. The van der Waals surface area contributed by atoms with Crippen LogP contribution in [0.3, 0.4) is 0 Å². The van der Waals surface area contributed by atoms with Crippen LogP contribution in [0.15, 0.2) is 0 Å². The average Bonchev–Trinajstić information content (AvgIpc) is 2.98. The first-order valence-corrected chi connectivity index (χ1v) is 18.4. The number of unbranched alkanes of at least 4 members (excludes halogenated alkanes) is 21. The zero-order valence-corrected chi connectivity index (χ0v) is 28.7. The normalized spacial score (nSPS) is 11.0. The van der Waals surface area contributed by atoms with Crippen molar-refractivity contribution in [1.29, 1.82) is 0 Å². The summed E-state index contributed by atoms with van der Waals surface area (Å²) in [6, 6.07) is 0. The highest BCUT2D eigenvalue weighted by molar-refractivity contribution is 5.67. The molecule has 42 heavy (non-hydrogen) atoms. The first kappa shape index (κ1) is 40.5. The third-order valence-electron chi connectivity index (χ3n) is 8.22. The number of carbonyl (C=O) groups is 2. The van der Waals surface area contributed by atoms with Gasteiger partial charge in [0.05, 0.1) is 13.2 Å². The maximum atomic E-state index is 12.5. The Balaban J connectivity index is 4.13. The monoisotopic (exact) mass is 597 g/mol. The minimum Gasteiger partial charge on any atom is -0.450 e. The number of hydrogen-bond donors (Lipinski definition) is 0. The lowest BCUT2D eigenvalue weighted by Gasteiger charge is -2.23. The Labute approximate surface area is 262 Å². The van der Waals surface area contributed by atoms with E-state index in [0.717, 1.165) is 64.7 Å². The molecule has 0 aromatic heterocycles. The van der Waals surface area contributed by atoms with Crippen LogP contribution in [0.1, 0.15) is 182 Å². The van der Waals surface area contributed by atoms with E-state index < -0.39 is 0 Å². The SMILES string of the molecule is CCCCCCCCCCCCN(CCCCCCN(CCCCCCCCCCCC)C(=O)OCC)C(=O)OCC. The molecule has 0 aliphatic rings. The van der Waals surface area contributed by atoms with E-state index in [1.54, 1.807) is 0 Å². The predicted octanol–water partition coefficient (Wildman–Crippen LogP) is 11.3. The molecular formula is C36H72N2O4. The molecule has 0 rings (SSSR count). The van der Waals surface area contributed by atoms with Gasteiger partial charge in [0, 0.05) is 26.2 Å². The molecule has 0 aliphatic heterocycles. The minimum atomic E-state index is -0.168. The Morgan fingerprint density at radius 3 is 0.786 bits per heavy atom. The van der Waals surface area contributed by atoms with Gasteiger partial charge in [0.1, 0.15) is 0 Å². The molecule has 0 heterocycles. The summed E-state index contributed by atoms with van der Waals surface area (Å²) in [6.07, 6.45) is 29.7. The fraction of sp³-hybridized carbons (Fsp3) is 0.944. The molecule has 0 unspecified atom stereocenters. The van der Waals surface area contributed by atoms with E-state index in [1.807, 2.05) is 23.6 Å². The molecule has 0 saturated heterocycles. The number of rotatable bonds is 31. The second-order valence-electron chi connectivity index (χ2n) is 12.2. The number of hydrogen-bond acceptors (Lipinski definition) is 4. The maximum Gasteiger partial charge on any atom is 0.409 e. The summed E-state index contributed by atoms with van der Waals surface area (Å²) in [5, 5.41) is 0. The molecule has 0 aromatic carbocycles. The fourth-order valence-electron chi connectivity index (χ4n) is 5.56. The van der Waals surface area contributed by atoms with Crippen molar-refractivity contribution in [3.63, 3.8) is 0 Å². The maximum absolute atomic E-state index is 12.5. The Kier molecular flexibility index (Phi) is 31.3. The Morgan fingerprint density at radius 1 is 0.357 bits per heavy atom. The second kappa shape index (κ2) is 32.5. The predicted molar refractivity (Wildman–Crippen MR) is 179 cm³/mol. The Hall–Kier alpha value is -1.46. The van der Waals surface area contributed by atoms with Crippen molar-refractivity contribution in [3.8, 4) is 0 Å². The van der Waals surface area contributed by atoms with E-state index in [0.29, 0.717) is 13.2 Å². The van der Waals surface area contributed by atoms with E-state index in [-0.39, 0.29) is 12.2 Å². The third-order valence-corrected chi connectivity index (χ3v) is 8.22. The van der Waals surface area contributed by atoms with Crippen molar-refractivity contribution in [2.45, 2.75) is 182 Å². The lowest BCUT2D eigenvalue weighted by Crippen LogP contribution is -2.34. The molecule has 0 N–H and O–H groups in total. The summed E-state index contributed by atoms with van der Waals surface area (Å²) in [4.78, 5) is 28.7. The molecular weight excluding hydrogens is 524 g/mol. The van der Waals surface area contributed by atoms with Gasteiger partial charge in [-0.1, -0.05) is 142 Å². The number of ether oxygens (including phenoxy) is 2. The van der Waals surface area contributed by atoms with Crippen molar-refractivity contribution < 1.29 is 19.1 Å². The Bertz CT molecular complexity index is 537. The van der Waals surface area contributed by atoms with Gasteiger partial charge in [0.2, 0.25) is 0 Å². The van der Waals surface area contributed by atoms with Crippen LogP contribution in [0.4, 0.5) is 9.59 Å². The second-order valence-corrected chi connectivity index (χ2v) is 12.2. The summed E-state index contributed by atoms with van der Waals surface area (Å²) < 4.78 is 10.6. The van der Waals surface area contributed by atoms with E-state index in [9.17, 15) is 9.59 Å². The molecule has 2 amide bonds. The number of carbonyl (C=O) groups excluding carboxylic acids is 2. The summed E-state index contributed by atoms with van der Waals surface area (Å²) in [5.74, 6) is 0. The van der Waals surface area contributed by atoms with Crippen LogP contribution in [-0.2, 0) is 9.47 Å². The van der Waals surface area contributed by atoms with Crippen molar-refractivity contribution in [3.05, 3.63) is 0 Å². The van der Waals surface area contributed by atoms with Crippen LogP contribution in [0, 0.1) is 0 Å². The number of nitrogens with zero attached hydrogens (tertiary/aromatic N) is 2. The molecule has 250 valence electrons. The first-order valence-electron chi connectivity index (χ1n) is 18.4. The van der Waals surface area contributed by atoms with Crippen molar-refractivity contribution >= 4 is 12.2 Å². The van der Waals surface area contributed by atoms with Gasteiger partial charge < -0.3 is 19.3 Å². The topological polar surface area (TPSA) is 59.1 Å². The van der Waals surface area contributed by atoms with E-state index in [2.05, 4.69) is 13.8 Å². The summed E-state index contributed by atoms with van der Waals surface area (Å²) >= 11 is 0. The highest BCUT2D eigenvalue weighted by Crippen LogP contribution is 2.14. The van der Waals surface area contributed by atoms with Gasteiger partial charge in [-0.05, 0) is 39.5 Å². The smallest absolute Gasteiger partial charge is 0.409 e. The molecule has 0 saturated carbocycles. The molecule has 0 aromatic rings. The molecule has 0 aliphatic carbocycles. The summed E-state index contributed by atoms with van der Waals surface area (Å²) in [7, 11) is 0. The van der Waals surface area contributed by atoms with Gasteiger partial charge in [-0.3, -0.25) is 0 Å². The third kappa shape index (κ3) is 26.2. The quantitative estimate of drug-likeness (QED) is 0.0747. The van der Waals surface area contributed by atoms with Crippen LogP contribution in [0.2, 0.25) is 0 Å². The zero-order chi connectivity index (χ0) is 30.9. The van der Waals surface area contributed by atoms with Gasteiger partial charge in [-0.2, -0.15) is 0 Å². The summed E-state index contributed by atoms with van der Waals surface area (Å²) in [5.41, 5.74) is 0. The molecule has 0 radical (unpaired) electrons. The Morgan fingerprint density at radius 2 is 0.571 bits per heavy atom. The van der Waals surface area contributed by atoms with Gasteiger partial charge >= 0.3 is 12.2 Å².